The van der Waals surface area contributed by atoms with Gasteiger partial charge < -0.3 is 14.2 Å². The maximum atomic E-state index is 12.6. The summed E-state index contributed by atoms with van der Waals surface area (Å²) in [6, 6.07) is 20.5. The Morgan fingerprint density at radius 1 is 1.03 bits per heavy atom. The van der Waals surface area contributed by atoms with Gasteiger partial charge in [-0.05, 0) is 47.5 Å². The van der Waals surface area contributed by atoms with Crippen molar-refractivity contribution in [2.75, 3.05) is 13.7 Å². The third-order valence-corrected chi connectivity index (χ3v) is 4.84. The number of ether oxygens (including phenoxy) is 3. The van der Waals surface area contributed by atoms with Crippen molar-refractivity contribution in [2.24, 2.45) is 5.10 Å². The topological polar surface area (TPSA) is 69.2 Å². The highest BCUT2D eigenvalue weighted by Gasteiger charge is 2.13. The molecule has 3 aromatic carbocycles. The Kier molecular flexibility index (Phi) is 8.45. The van der Waals surface area contributed by atoms with Crippen LogP contribution in [-0.2, 0) is 6.61 Å². The minimum Gasteiger partial charge on any atom is -0.493 e. The Morgan fingerprint density at radius 3 is 2.56 bits per heavy atom. The molecular formula is C25H23BrN2O4. The predicted molar refractivity (Wildman–Crippen MR) is 129 cm³/mol. The fraction of sp³-hybridized carbons (Fsp3) is 0.120. The van der Waals surface area contributed by atoms with Crippen LogP contribution in [0.5, 0.6) is 17.2 Å². The lowest BCUT2D eigenvalue weighted by Gasteiger charge is -2.11. The number of hydrogen-bond acceptors (Lipinski definition) is 5. The molecule has 0 aliphatic heterocycles. The van der Waals surface area contributed by atoms with E-state index in [1.165, 1.54) is 6.21 Å². The van der Waals surface area contributed by atoms with E-state index in [1.54, 1.807) is 43.5 Å². The third-order valence-electron chi connectivity index (χ3n) is 4.35. The van der Waals surface area contributed by atoms with Crippen LogP contribution in [0.25, 0.3) is 0 Å². The number of halogens is 1. The number of benzene rings is 3. The summed E-state index contributed by atoms with van der Waals surface area (Å²) < 4.78 is 17.6. The van der Waals surface area contributed by atoms with Gasteiger partial charge in [-0.1, -0.05) is 58.9 Å². The standard InChI is InChI=1S/C25H23BrN2O4/c1-3-13-31-22-12-10-20(26)15-21(22)25(29)28-27-16-19-9-11-23(24(14-19)30-2)32-17-18-7-5-4-6-8-18/h3-12,14-16H,1,13,17H2,2H3,(H,28,29)/b27-16+. The van der Waals surface area contributed by atoms with Crippen LogP contribution < -0.4 is 19.6 Å². The highest BCUT2D eigenvalue weighted by molar-refractivity contribution is 9.10. The monoisotopic (exact) mass is 494 g/mol. The van der Waals surface area contributed by atoms with Crippen LogP contribution in [0.3, 0.4) is 0 Å². The second-order valence-corrected chi connectivity index (χ2v) is 7.54. The molecule has 0 radical (unpaired) electrons. The lowest BCUT2D eigenvalue weighted by molar-refractivity contribution is 0.0951. The van der Waals surface area contributed by atoms with E-state index in [2.05, 4.69) is 33.0 Å². The lowest BCUT2D eigenvalue weighted by atomic mass is 10.2. The minimum atomic E-state index is -0.392. The van der Waals surface area contributed by atoms with Gasteiger partial charge in [-0.15, -0.1) is 0 Å². The zero-order chi connectivity index (χ0) is 22.8. The van der Waals surface area contributed by atoms with Gasteiger partial charge in [-0.25, -0.2) is 5.43 Å². The summed E-state index contributed by atoms with van der Waals surface area (Å²) in [6.07, 6.45) is 3.14. The number of carbonyl (C=O) groups excluding carboxylic acids is 1. The molecule has 0 unspecified atom stereocenters. The van der Waals surface area contributed by atoms with Gasteiger partial charge in [0.25, 0.3) is 5.91 Å². The second kappa shape index (κ2) is 11.7. The van der Waals surface area contributed by atoms with Crippen molar-refractivity contribution < 1.29 is 19.0 Å². The summed E-state index contributed by atoms with van der Waals surface area (Å²) in [5.41, 5.74) is 4.69. The molecular weight excluding hydrogens is 472 g/mol. The second-order valence-electron chi connectivity index (χ2n) is 6.62. The van der Waals surface area contributed by atoms with Gasteiger partial charge in [0.15, 0.2) is 11.5 Å². The van der Waals surface area contributed by atoms with Gasteiger partial charge in [0, 0.05) is 4.47 Å². The van der Waals surface area contributed by atoms with Crippen LogP contribution in [0.4, 0.5) is 0 Å². The molecule has 3 rings (SSSR count). The molecule has 0 atom stereocenters. The Labute approximate surface area is 195 Å². The Balaban J connectivity index is 1.65. The van der Waals surface area contributed by atoms with Crippen LogP contribution in [0.1, 0.15) is 21.5 Å². The summed E-state index contributed by atoms with van der Waals surface area (Å²) in [6.45, 7) is 4.35. The van der Waals surface area contributed by atoms with Crippen molar-refractivity contribution in [1.29, 1.82) is 0 Å². The van der Waals surface area contributed by atoms with Gasteiger partial charge in [0.05, 0.1) is 18.9 Å². The lowest BCUT2D eigenvalue weighted by Crippen LogP contribution is -2.19. The zero-order valence-electron chi connectivity index (χ0n) is 17.6. The van der Waals surface area contributed by atoms with Crippen LogP contribution in [0.2, 0.25) is 0 Å². The van der Waals surface area contributed by atoms with E-state index in [4.69, 9.17) is 14.2 Å². The molecule has 7 heteroatoms. The minimum absolute atomic E-state index is 0.295. The molecule has 0 heterocycles. The molecule has 0 fully saturated rings. The van der Waals surface area contributed by atoms with Crippen molar-refractivity contribution in [3.63, 3.8) is 0 Å². The van der Waals surface area contributed by atoms with E-state index >= 15 is 0 Å². The molecule has 0 saturated carbocycles. The average Bonchev–Trinajstić information content (AvgIpc) is 2.82. The molecule has 3 aromatic rings. The number of carbonyl (C=O) groups is 1. The highest BCUT2D eigenvalue weighted by atomic mass is 79.9. The summed E-state index contributed by atoms with van der Waals surface area (Å²) in [5, 5.41) is 4.06. The van der Waals surface area contributed by atoms with Crippen molar-refractivity contribution in [3.05, 3.63) is 101 Å². The smallest absolute Gasteiger partial charge is 0.275 e. The number of nitrogens with zero attached hydrogens (tertiary/aromatic N) is 1. The first-order valence-corrected chi connectivity index (χ1v) is 10.6. The molecule has 0 aliphatic rings. The Bertz CT molecular complexity index is 1100. The van der Waals surface area contributed by atoms with Gasteiger partial charge in [-0.3, -0.25) is 4.79 Å². The molecule has 32 heavy (non-hydrogen) atoms. The number of hydrogen-bond donors (Lipinski definition) is 1. The molecule has 0 bridgehead atoms. The van der Waals surface area contributed by atoms with Crippen LogP contribution in [0, 0.1) is 0 Å². The fourth-order valence-corrected chi connectivity index (χ4v) is 3.16. The van der Waals surface area contributed by atoms with E-state index in [1.807, 2.05) is 36.4 Å². The van der Waals surface area contributed by atoms with E-state index in [-0.39, 0.29) is 0 Å². The molecule has 1 amide bonds. The van der Waals surface area contributed by atoms with Gasteiger partial charge in [-0.2, -0.15) is 5.10 Å². The molecule has 0 aromatic heterocycles. The number of amides is 1. The maximum absolute atomic E-state index is 12.6. The van der Waals surface area contributed by atoms with E-state index in [0.29, 0.717) is 36.0 Å². The molecule has 0 aliphatic carbocycles. The van der Waals surface area contributed by atoms with E-state index in [9.17, 15) is 4.79 Å². The van der Waals surface area contributed by atoms with Crippen LogP contribution in [0.15, 0.2) is 89.0 Å². The van der Waals surface area contributed by atoms with Gasteiger partial charge in [0.1, 0.15) is 19.0 Å². The van der Waals surface area contributed by atoms with E-state index < -0.39 is 5.91 Å². The summed E-state index contributed by atoms with van der Waals surface area (Å²) in [7, 11) is 1.57. The molecule has 1 N–H and O–H groups in total. The maximum Gasteiger partial charge on any atom is 0.275 e. The molecule has 164 valence electrons. The van der Waals surface area contributed by atoms with Gasteiger partial charge >= 0.3 is 0 Å². The molecule has 6 nitrogen and oxygen atoms in total. The molecule has 0 spiro atoms. The quantitative estimate of drug-likeness (QED) is 0.234. The Morgan fingerprint density at radius 2 is 1.81 bits per heavy atom. The van der Waals surface area contributed by atoms with Crippen molar-refractivity contribution >= 4 is 28.1 Å². The number of rotatable bonds is 10. The van der Waals surface area contributed by atoms with Crippen LogP contribution in [-0.4, -0.2) is 25.8 Å². The summed E-state index contributed by atoms with van der Waals surface area (Å²) in [4.78, 5) is 12.6. The van der Waals surface area contributed by atoms with Gasteiger partial charge in [0.2, 0.25) is 0 Å². The zero-order valence-corrected chi connectivity index (χ0v) is 19.2. The fourth-order valence-electron chi connectivity index (χ4n) is 2.80. The number of nitrogens with one attached hydrogen (secondary N) is 1. The first-order valence-electron chi connectivity index (χ1n) is 9.82. The normalized spacial score (nSPS) is 10.6. The number of methoxy groups -OCH3 is 1. The summed E-state index contributed by atoms with van der Waals surface area (Å²) in [5.74, 6) is 1.25. The summed E-state index contributed by atoms with van der Waals surface area (Å²) >= 11 is 3.37. The average molecular weight is 495 g/mol. The largest absolute Gasteiger partial charge is 0.493 e. The first kappa shape index (κ1) is 23.1. The third kappa shape index (κ3) is 6.46. The van der Waals surface area contributed by atoms with Crippen molar-refractivity contribution in [3.8, 4) is 17.2 Å². The molecule has 0 saturated heterocycles. The van der Waals surface area contributed by atoms with Crippen molar-refractivity contribution in [1.82, 2.24) is 5.43 Å². The SMILES string of the molecule is C=CCOc1ccc(Br)cc1C(=O)N/N=C/c1ccc(OCc2ccccc2)c(OC)c1. The van der Waals surface area contributed by atoms with Crippen molar-refractivity contribution in [2.45, 2.75) is 6.61 Å². The first-order chi connectivity index (χ1) is 15.6. The Hall–Kier alpha value is -3.58. The highest BCUT2D eigenvalue weighted by Crippen LogP contribution is 2.28. The van der Waals surface area contributed by atoms with E-state index in [0.717, 1.165) is 15.6 Å². The predicted octanol–water partition coefficient (Wildman–Crippen LogP) is 5.37. The number of hydrazone groups is 1. The van der Waals surface area contributed by atoms with Crippen LogP contribution >= 0.6 is 15.9 Å².